The van der Waals surface area contributed by atoms with Crippen LogP contribution in [0.3, 0.4) is 0 Å². The average molecular weight is 249 g/mol. The summed E-state index contributed by atoms with van der Waals surface area (Å²) < 4.78 is 1.96. The molecular weight excluding hydrogens is 226 g/mol. The maximum absolute atomic E-state index is 12.5. The van der Waals surface area contributed by atoms with E-state index in [2.05, 4.69) is 27.7 Å². The minimum Gasteiger partial charge on any atom is -0.397 e. The molecular formula is C14H23N3O. The lowest BCUT2D eigenvalue weighted by atomic mass is 10.0. The van der Waals surface area contributed by atoms with Crippen LogP contribution < -0.4 is 5.73 Å². The van der Waals surface area contributed by atoms with Crippen molar-refractivity contribution in [3.8, 4) is 0 Å². The van der Waals surface area contributed by atoms with Gasteiger partial charge in [0.25, 0.3) is 5.91 Å². The second kappa shape index (κ2) is 4.67. The largest absolute Gasteiger partial charge is 0.397 e. The SMILES string of the molecule is CC1CN(C(=O)c2cc(N)cn2C(C)C)CC1C. The maximum atomic E-state index is 12.5. The number of hydrogen-bond donors (Lipinski definition) is 1. The number of likely N-dealkylation sites (tertiary alicyclic amines) is 1. The molecule has 0 aromatic carbocycles. The van der Waals surface area contributed by atoms with Crippen molar-refractivity contribution in [2.75, 3.05) is 18.8 Å². The van der Waals surface area contributed by atoms with E-state index in [4.69, 9.17) is 5.73 Å². The van der Waals surface area contributed by atoms with Crippen LogP contribution in [-0.2, 0) is 0 Å². The van der Waals surface area contributed by atoms with Crippen molar-refractivity contribution in [2.24, 2.45) is 11.8 Å². The number of carbonyl (C=O) groups excluding carboxylic acids is 1. The van der Waals surface area contributed by atoms with Crippen molar-refractivity contribution >= 4 is 11.6 Å². The van der Waals surface area contributed by atoms with E-state index in [0.29, 0.717) is 23.2 Å². The first-order valence-electron chi connectivity index (χ1n) is 6.66. The van der Waals surface area contributed by atoms with E-state index in [1.807, 2.05) is 15.7 Å². The van der Waals surface area contributed by atoms with E-state index in [1.165, 1.54) is 0 Å². The number of hydrogen-bond acceptors (Lipinski definition) is 2. The van der Waals surface area contributed by atoms with E-state index in [9.17, 15) is 4.79 Å². The standard InChI is InChI=1S/C14H23N3O/c1-9(2)17-8-12(15)5-13(17)14(18)16-6-10(3)11(4)7-16/h5,8-11H,6-7,15H2,1-4H3. The van der Waals surface area contributed by atoms with Gasteiger partial charge in [-0.25, -0.2) is 0 Å². The predicted molar refractivity (Wildman–Crippen MR) is 73.5 cm³/mol. The summed E-state index contributed by atoms with van der Waals surface area (Å²) >= 11 is 0. The highest BCUT2D eigenvalue weighted by atomic mass is 16.2. The number of nitrogens with zero attached hydrogens (tertiary/aromatic N) is 2. The Balaban J connectivity index is 2.24. The average Bonchev–Trinajstić information content (AvgIpc) is 2.82. The molecule has 0 saturated carbocycles. The normalized spacial score (nSPS) is 23.9. The number of amides is 1. The van der Waals surface area contributed by atoms with Crippen LogP contribution in [0.1, 0.15) is 44.2 Å². The highest BCUT2D eigenvalue weighted by Gasteiger charge is 2.31. The van der Waals surface area contributed by atoms with Gasteiger partial charge >= 0.3 is 0 Å². The van der Waals surface area contributed by atoms with Crippen molar-refractivity contribution in [2.45, 2.75) is 33.7 Å². The summed E-state index contributed by atoms with van der Waals surface area (Å²) in [4.78, 5) is 14.5. The minimum absolute atomic E-state index is 0.108. The van der Waals surface area contributed by atoms with Gasteiger partial charge in [0.1, 0.15) is 5.69 Å². The summed E-state index contributed by atoms with van der Waals surface area (Å²) in [6.07, 6.45) is 1.85. The van der Waals surface area contributed by atoms with Crippen LogP contribution in [0.4, 0.5) is 5.69 Å². The molecule has 1 aliphatic heterocycles. The Morgan fingerprint density at radius 3 is 2.39 bits per heavy atom. The van der Waals surface area contributed by atoms with Crippen LogP contribution >= 0.6 is 0 Å². The molecule has 0 aliphatic carbocycles. The van der Waals surface area contributed by atoms with E-state index in [1.54, 1.807) is 6.07 Å². The molecule has 0 bridgehead atoms. The molecule has 1 saturated heterocycles. The number of rotatable bonds is 2. The van der Waals surface area contributed by atoms with Gasteiger partial charge < -0.3 is 15.2 Å². The van der Waals surface area contributed by atoms with Gasteiger partial charge in [0.15, 0.2) is 0 Å². The Hall–Kier alpha value is -1.45. The molecule has 1 fully saturated rings. The monoisotopic (exact) mass is 249 g/mol. The van der Waals surface area contributed by atoms with Crippen molar-refractivity contribution < 1.29 is 4.79 Å². The van der Waals surface area contributed by atoms with Gasteiger partial charge in [-0.15, -0.1) is 0 Å². The van der Waals surface area contributed by atoms with Crippen LogP contribution in [0, 0.1) is 11.8 Å². The number of aromatic nitrogens is 1. The molecule has 2 unspecified atom stereocenters. The van der Waals surface area contributed by atoms with E-state index < -0.39 is 0 Å². The molecule has 0 spiro atoms. The zero-order valence-electron chi connectivity index (χ0n) is 11.7. The van der Waals surface area contributed by atoms with Crippen LogP contribution in [0.25, 0.3) is 0 Å². The summed E-state index contributed by atoms with van der Waals surface area (Å²) in [6.45, 7) is 10.2. The van der Waals surface area contributed by atoms with Gasteiger partial charge in [-0.1, -0.05) is 13.8 Å². The van der Waals surface area contributed by atoms with Crippen LogP contribution in [0.15, 0.2) is 12.3 Å². The van der Waals surface area contributed by atoms with E-state index in [-0.39, 0.29) is 11.9 Å². The van der Waals surface area contributed by atoms with E-state index >= 15 is 0 Å². The van der Waals surface area contributed by atoms with Gasteiger partial charge in [0, 0.05) is 25.3 Å². The zero-order chi connectivity index (χ0) is 13.4. The first-order valence-corrected chi connectivity index (χ1v) is 6.66. The van der Waals surface area contributed by atoms with Gasteiger partial charge in [0.05, 0.1) is 5.69 Å². The highest BCUT2D eigenvalue weighted by Crippen LogP contribution is 2.25. The molecule has 2 N–H and O–H groups in total. The Labute approximate surface area is 109 Å². The lowest BCUT2D eigenvalue weighted by Crippen LogP contribution is -2.30. The summed E-state index contributed by atoms with van der Waals surface area (Å²) in [7, 11) is 0. The lowest BCUT2D eigenvalue weighted by molar-refractivity contribution is 0.0772. The molecule has 1 aromatic rings. The molecule has 2 rings (SSSR count). The van der Waals surface area contributed by atoms with Gasteiger partial charge in [-0.2, -0.15) is 0 Å². The van der Waals surface area contributed by atoms with Crippen LogP contribution in [-0.4, -0.2) is 28.5 Å². The fourth-order valence-electron chi connectivity index (χ4n) is 2.56. The van der Waals surface area contributed by atoms with Crippen LogP contribution in [0.2, 0.25) is 0 Å². The Morgan fingerprint density at radius 1 is 1.33 bits per heavy atom. The molecule has 2 heterocycles. The maximum Gasteiger partial charge on any atom is 0.270 e. The third-order valence-corrected chi connectivity index (χ3v) is 3.92. The molecule has 0 radical (unpaired) electrons. The van der Waals surface area contributed by atoms with Gasteiger partial charge in [-0.05, 0) is 31.7 Å². The smallest absolute Gasteiger partial charge is 0.270 e. The Morgan fingerprint density at radius 2 is 1.89 bits per heavy atom. The van der Waals surface area contributed by atoms with Gasteiger partial charge in [-0.3, -0.25) is 4.79 Å². The molecule has 100 valence electrons. The second-order valence-corrected chi connectivity index (χ2v) is 5.82. The number of nitrogens with two attached hydrogens (primary N) is 1. The van der Waals surface area contributed by atoms with Crippen LogP contribution in [0.5, 0.6) is 0 Å². The summed E-state index contributed by atoms with van der Waals surface area (Å²) in [5.41, 5.74) is 7.19. The fraction of sp³-hybridized carbons (Fsp3) is 0.643. The molecule has 2 atom stereocenters. The quantitative estimate of drug-likeness (QED) is 0.875. The van der Waals surface area contributed by atoms with Crippen molar-refractivity contribution in [1.29, 1.82) is 0 Å². The first kappa shape index (κ1) is 13.0. The molecule has 1 aliphatic rings. The van der Waals surface area contributed by atoms with Gasteiger partial charge in [0.2, 0.25) is 0 Å². The summed E-state index contributed by atoms with van der Waals surface area (Å²) in [5, 5.41) is 0. The fourth-order valence-corrected chi connectivity index (χ4v) is 2.56. The second-order valence-electron chi connectivity index (χ2n) is 5.82. The third-order valence-electron chi connectivity index (χ3n) is 3.92. The molecule has 18 heavy (non-hydrogen) atoms. The minimum atomic E-state index is 0.108. The number of anilines is 1. The van der Waals surface area contributed by atoms with E-state index in [0.717, 1.165) is 13.1 Å². The third kappa shape index (κ3) is 2.24. The number of nitrogen functional groups attached to an aromatic ring is 1. The number of carbonyl (C=O) groups is 1. The topological polar surface area (TPSA) is 51.3 Å². The van der Waals surface area contributed by atoms with Crippen molar-refractivity contribution in [1.82, 2.24) is 9.47 Å². The summed E-state index contributed by atoms with van der Waals surface area (Å²) in [6, 6.07) is 2.04. The first-order chi connectivity index (χ1) is 8.40. The molecule has 4 heteroatoms. The molecule has 4 nitrogen and oxygen atoms in total. The highest BCUT2D eigenvalue weighted by molar-refractivity contribution is 5.94. The molecule has 1 aromatic heterocycles. The zero-order valence-corrected chi connectivity index (χ0v) is 11.7. The predicted octanol–water partition coefficient (Wildman–Crippen LogP) is 2.38. The molecule has 1 amide bonds. The van der Waals surface area contributed by atoms with Crippen molar-refractivity contribution in [3.05, 3.63) is 18.0 Å². The Bertz CT molecular complexity index is 440. The Kier molecular flexibility index (Phi) is 3.37. The summed E-state index contributed by atoms with van der Waals surface area (Å²) in [5.74, 6) is 1.26. The lowest BCUT2D eigenvalue weighted by Gasteiger charge is -2.19. The van der Waals surface area contributed by atoms with Crippen molar-refractivity contribution in [3.63, 3.8) is 0 Å².